The van der Waals surface area contributed by atoms with Gasteiger partial charge in [-0.2, -0.15) is 4.99 Å². The van der Waals surface area contributed by atoms with Crippen LogP contribution in [0.2, 0.25) is 0 Å². The summed E-state index contributed by atoms with van der Waals surface area (Å²) in [5, 5.41) is 0. The zero-order chi connectivity index (χ0) is 20.8. The maximum Gasteiger partial charge on any atom is 0.279 e. The van der Waals surface area contributed by atoms with Crippen molar-refractivity contribution < 1.29 is 18.3 Å². The zero-order valence-corrected chi connectivity index (χ0v) is 16.8. The number of aromatic nitrogens is 1. The molecule has 1 aromatic heterocycles. The van der Waals surface area contributed by atoms with Crippen LogP contribution in [0, 0.1) is 24.0 Å². The summed E-state index contributed by atoms with van der Waals surface area (Å²) in [5.74, 6) is 1.05. The Hall–Kier alpha value is -2.98. The molecule has 29 heavy (non-hydrogen) atoms. The number of terminal acetylenes is 1. The van der Waals surface area contributed by atoms with E-state index in [2.05, 4.69) is 17.8 Å². The maximum atomic E-state index is 14.3. The third-order valence-corrected chi connectivity index (χ3v) is 5.26. The lowest BCUT2D eigenvalue weighted by Gasteiger charge is -2.06. The molecule has 0 atom stereocenters. The third-order valence-electron chi connectivity index (χ3n) is 4.24. The van der Waals surface area contributed by atoms with Gasteiger partial charge in [0.05, 0.1) is 23.4 Å². The third kappa shape index (κ3) is 4.90. The molecule has 3 aromatic rings. The summed E-state index contributed by atoms with van der Waals surface area (Å²) in [7, 11) is 0. The number of thiazole rings is 1. The molecular weight excluding hydrogens is 394 g/mol. The standard InChI is InChI=1S/C22H20F2N2O2S/c1-3-5-6-11-28-17-9-7-8-15(12-17)21(27)25-22-26(10-4-2)20-18(24)13-16(23)14-19(20)29-22/h2,7-9,12-14H,3,5-6,10-11H2,1H3. The minimum atomic E-state index is -0.747. The first-order chi connectivity index (χ1) is 14.0. The van der Waals surface area contributed by atoms with Crippen molar-refractivity contribution in [1.82, 2.24) is 4.57 Å². The Balaban J connectivity index is 1.95. The zero-order valence-electron chi connectivity index (χ0n) is 16.0. The first-order valence-electron chi connectivity index (χ1n) is 9.27. The number of amides is 1. The van der Waals surface area contributed by atoms with Gasteiger partial charge in [-0.05, 0) is 30.7 Å². The van der Waals surface area contributed by atoms with E-state index in [4.69, 9.17) is 11.2 Å². The number of nitrogens with zero attached hydrogens (tertiary/aromatic N) is 2. The number of fused-ring (bicyclic) bond motifs is 1. The van der Waals surface area contributed by atoms with Crippen LogP contribution in [0.15, 0.2) is 41.4 Å². The first-order valence-corrected chi connectivity index (χ1v) is 10.1. The molecule has 0 N–H and O–H groups in total. The molecule has 0 fully saturated rings. The highest BCUT2D eigenvalue weighted by Gasteiger charge is 2.14. The molecule has 0 aliphatic heterocycles. The van der Waals surface area contributed by atoms with Crippen molar-refractivity contribution in [3.8, 4) is 18.1 Å². The minimum absolute atomic E-state index is 0.00917. The number of hydrogen-bond acceptors (Lipinski definition) is 3. The molecule has 0 aliphatic carbocycles. The number of carbonyl (C=O) groups excluding carboxylic acids is 1. The summed E-state index contributed by atoms with van der Waals surface area (Å²) >= 11 is 1.01. The average Bonchev–Trinajstić information content (AvgIpc) is 3.03. The molecule has 1 heterocycles. The monoisotopic (exact) mass is 414 g/mol. The van der Waals surface area contributed by atoms with Gasteiger partial charge in [-0.15, -0.1) is 6.42 Å². The van der Waals surface area contributed by atoms with E-state index in [0.717, 1.165) is 36.7 Å². The summed E-state index contributed by atoms with van der Waals surface area (Å²) in [6, 6.07) is 8.73. The average molecular weight is 414 g/mol. The number of rotatable bonds is 7. The predicted molar refractivity (Wildman–Crippen MR) is 110 cm³/mol. The van der Waals surface area contributed by atoms with E-state index in [-0.39, 0.29) is 16.9 Å². The fraction of sp³-hybridized carbons (Fsp3) is 0.273. The number of carbonyl (C=O) groups is 1. The lowest BCUT2D eigenvalue weighted by molar-refractivity contribution is 0.0997. The normalized spacial score (nSPS) is 11.6. The Morgan fingerprint density at radius 1 is 1.28 bits per heavy atom. The topological polar surface area (TPSA) is 43.6 Å². The highest BCUT2D eigenvalue weighted by molar-refractivity contribution is 7.16. The summed E-state index contributed by atoms with van der Waals surface area (Å²) in [4.78, 5) is 17.0. The van der Waals surface area contributed by atoms with Crippen LogP contribution in [-0.2, 0) is 6.54 Å². The van der Waals surface area contributed by atoms with Crippen molar-refractivity contribution in [2.75, 3.05) is 6.61 Å². The van der Waals surface area contributed by atoms with Crippen LogP contribution in [-0.4, -0.2) is 17.1 Å². The van der Waals surface area contributed by atoms with Crippen molar-refractivity contribution in [3.63, 3.8) is 0 Å². The van der Waals surface area contributed by atoms with Gasteiger partial charge in [0.15, 0.2) is 10.6 Å². The van der Waals surface area contributed by atoms with Crippen molar-refractivity contribution in [1.29, 1.82) is 0 Å². The SMILES string of the molecule is C#CCn1c(=NC(=O)c2cccc(OCCCCC)c2)sc2cc(F)cc(F)c21. The molecule has 4 nitrogen and oxygen atoms in total. The molecule has 0 bridgehead atoms. The van der Waals surface area contributed by atoms with E-state index in [1.807, 2.05) is 0 Å². The molecule has 0 saturated heterocycles. The van der Waals surface area contributed by atoms with Gasteiger partial charge >= 0.3 is 0 Å². The minimum Gasteiger partial charge on any atom is -0.494 e. The molecule has 150 valence electrons. The number of unbranched alkanes of at least 4 members (excludes halogenated alkanes) is 2. The smallest absolute Gasteiger partial charge is 0.279 e. The summed E-state index contributed by atoms with van der Waals surface area (Å²) in [6.45, 7) is 2.70. The van der Waals surface area contributed by atoms with E-state index in [0.29, 0.717) is 22.6 Å². The molecule has 0 saturated carbocycles. The second-order valence-corrected chi connectivity index (χ2v) is 7.42. The fourth-order valence-corrected chi connectivity index (χ4v) is 3.93. The van der Waals surface area contributed by atoms with Gasteiger partial charge in [0.25, 0.3) is 5.91 Å². The molecule has 7 heteroatoms. The van der Waals surface area contributed by atoms with Gasteiger partial charge in [-0.3, -0.25) is 4.79 Å². The Kier molecular flexibility index (Phi) is 6.78. The highest BCUT2D eigenvalue weighted by Crippen LogP contribution is 2.22. The highest BCUT2D eigenvalue weighted by atomic mass is 32.1. The molecular formula is C22H20F2N2O2S. The number of hydrogen-bond donors (Lipinski definition) is 0. The Morgan fingerprint density at radius 3 is 2.86 bits per heavy atom. The molecule has 1 amide bonds. The van der Waals surface area contributed by atoms with E-state index >= 15 is 0 Å². The van der Waals surface area contributed by atoms with Crippen molar-refractivity contribution in [3.05, 3.63) is 58.4 Å². The Morgan fingerprint density at radius 2 is 2.10 bits per heavy atom. The van der Waals surface area contributed by atoms with Gasteiger partial charge in [0, 0.05) is 11.6 Å². The van der Waals surface area contributed by atoms with Crippen LogP contribution in [0.5, 0.6) is 5.75 Å². The van der Waals surface area contributed by atoms with Crippen LogP contribution >= 0.6 is 11.3 Å². The first kappa shape index (κ1) is 20.7. The lowest BCUT2D eigenvalue weighted by Crippen LogP contribution is -2.17. The van der Waals surface area contributed by atoms with Crippen LogP contribution in [0.25, 0.3) is 10.2 Å². The molecule has 0 aliphatic rings. The van der Waals surface area contributed by atoms with Gasteiger partial charge in [0.1, 0.15) is 11.6 Å². The summed E-state index contributed by atoms with van der Waals surface area (Å²) in [6.07, 6.45) is 8.49. The predicted octanol–water partition coefficient (Wildman–Crippen LogP) is 4.92. The fourth-order valence-electron chi connectivity index (χ4n) is 2.86. The van der Waals surface area contributed by atoms with E-state index in [9.17, 15) is 13.6 Å². The Bertz CT molecular complexity index is 1140. The van der Waals surface area contributed by atoms with E-state index in [1.54, 1.807) is 24.3 Å². The number of ether oxygens (including phenoxy) is 1. The number of benzene rings is 2. The van der Waals surface area contributed by atoms with Crippen molar-refractivity contribution in [2.24, 2.45) is 4.99 Å². The molecule has 2 aromatic carbocycles. The molecule has 3 rings (SSSR count). The molecule has 0 spiro atoms. The van der Waals surface area contributed by atoms with Crippen molar-refractivity contribution >= 4 is 27.5 Å². The second kappa shape index (κ2) is 9.48. The van der Waals surface area contributed by atoms with Crippen LogP contribution in [0.3, 0.4) is 0 Å². The van der Waals surface area contributed by atoms with Gasteiger partial charge in [-0.25, -0.2) is 8.78 Å². The summed E-state index contributed by atoms with van der Waals surface area (Å²) in [5.41, 5.74) is 0.475. The van der Waals surface area contributed by atoms with E-state index in [1.165, 1.54) is 10.6 Å². The summed E-state index contributed by atoms with van der Waals surface area (Å²) < 4.78 is 35.2. The Labute approximate surface area is 171 Å². The molecule has 0 unspecified atom stereocenters. The van der Waals surface area contributed by atoms with Crippen LogP contribution in [0.4, 0.5) is 8.78 Å². The van der Waals surface area contributed by atoms with Gasteiger partial charge in [0.2, 0.25) is 0 Å². The van der Waals surface area contributed by atoms with Crippen LogP contribution < -0.4 is 9.54 Å². The largest absolute Gasteiger partial charge is 0.494 e. The second-order valence-electron chi connectivity index (χ2n) is 6.41. The van der Waals surface area contributed by atoms with Crippen molar-refractivity contribution in [2.45, 2.75) is 32.7 Å². The van der Waals surface area contributed by atoms with Gasteiger partial charge in [-0.1, -0.05) is 43.1 Å². The van der Waals surface area contributed by atoms with E-state index < -0.39 is 17.5 Å². The quantitative estimate of drug-likeness (QED) is 0.407. The number of halogens is 2. The molecule has 0 radical (unpaired) electrons. The van der Waals surface area contributed by atoms with Crippen LogP contribution in [0.1, 0.15) is 36.5 Å². The van der Waals surface area contributed by atoms with Gasteiger partial charge < -0.3 is 9.30 Å². The lowest BCUT2D eigenvalue weighted by atomic mass is 10.2. The maximum absolute atomic E-state index is 14.3.